The van der Waals surface area contributed by atoms with Gasteiger partial charge in [0.25, 0.3) is 5.56 Å². The van der Waals surface area contributed by atoms with Crippen LogP contribution in [0.1, 0.15) is 48.8 Å². The van der Waals surface area contributed by atoms with Gasteiger partial charge in [0.15, 0.2) is 0 Å². The van der Waals surface area contributed by atoms with Crippen LogP contribution >= 0.6 is 0 Å². The van der Waals surface area contributed by atoms with Crippen LogP contribution in [0.2, 0.25) is 0 Å². The van der Waals surface area contributed by atoms with Gasteiger partial charge in [-0.1, -0.05) is 55.0 Å². The standard InChI is InChI=1S/C29H32N4O2/c1-6-17-32(29(35)31-24-13-9-7-11-20(24)3)22(5)27-30-25-14-10-8-12-23(25)28(34)33(27)26-16-15-19(2)18-21(26)4/h7-16,18,22H,6,17H2,1-5H3,(H,31,35). The molecule has 0 aliphatic carbocycles. The summed E-state index contributed by atoms with van der Waals surface area (Å²) in [7, 11) is 0. The van der Waals surface area contributed by atoms with Crippen molar-refractivity contribution in [1.82, 2.24) is 14.5 Å². The fourth-order valence-electron chi connectivity index (χ4n) is 4.47. The molecule has 0 aliphatic heterocycles. The van der Waals surface area contributed by atoms with E-state index in [0.29, 0.717) is 23.3 Å². The molecule has 1 atom stereocenters. The molecule has 3 aromatic carbocycles. The number of carbonyl (C=O) groups excluding carboxylic acids is 1. The van der Waals surface area contributed by atoms with E-state index in [0.717, 1.165) is 34.5 Å². The molecule has 1 heterocycles. The van der Waals surface area contributed by atoms with E-state index >= 15 is 0 Å². The number of fused-ring (bicyclic) bond motifs is 1. The van der Waals surface area contributed by atoms with Crippen LogP contribution in [-0.4, -0.2) is 27.0 Å². The topological polar surface area (TPSA) is 67.2 Å². The number of rotatable bonds is 6. The summed E-state index contributed by atoms with van der Waals surface area (Å²) in [6.45, 7) is 10.5. The molecule has 1 aromatic heterocycles. The first-order chi connectivity index (χ1) is 16.8. The summed E-state index contributed by atoms with van der Waals surface area (Å²) in [6.07, 6.45) is 0.771. The highest BCUT2D eigenvalue weighted by Gasteiger charge is 2.27. The molecule has 6 nitrogen and oxygen atoms in total. The van der Waals surface area contributed by atoms with Gasteiger partial charge in [0.1, 0.15) is 5.82 Å². The molecule has 180 valence electrons. The summed E-state index contributed by atoms with van der Waals surface area (Å²) in [4.78, 5) is 33.9. The minimum atomic E-state index is -0.447. The smallest absolute Gasteiger partial charge is 0.315 e. The van der Waals surface area contributed by atoms with Gasteiger partial charge in [0.2, 0.25) is 0 Å². The molecule has 0 saturated carbocycles. The van der Waals surface area contributed by atoms with E-state index in [9.17, 15) is 9.59 Å². The lowest BCUT2D eigenvalue weighted by Crippen LogP contribution is -2.40. The maximum absolute atomic E-state index is 13.8. The highest BCUT2D eigenvalue weighted by atomic mass is 16.2. The lowest BCUT2D eigenvalue weighted by Gasteiger charge is -2.31. The number of aryl methyl sites for hydroxylation is 3. The second-order valence-corrected chi connectivity index (χ2v) is 9.03. The van der Waals surface area contributed by atoms with Gasteiger partial charge >= 0.3 is 6.03 Å². The number of amides is 2. The third-order valence-electron chi connectivity index (χ3n) is 6.35. The summed E-state index contributed by atoms with van der Waals surface area (Å²) >= 11 is 0. The first-order valence-corrected chi connectivity index (χ1v) is 12.0. The van der Waals surface area contributed by atoms with Gasteiger partial charge in [-0.3, -0.25) is 9.36 Å². The Labute approximate surface area is 206 Å². The second-order valence-electron chi connectivity index (χ2n) is 9.03. The SMILES string of the molecule is CCCN(C(=O)Nc1ccccc1C)C(C)c1nc2ccccc2c(=O)n1-c1ccc(C)cc1C. The summed E-state index contributed by atoms with van der Waals surface area (Å²) in [5.74, 6) is 0.536. The molecule has 0 radical (unpaired) electrons. The van der Waals surface area contributed by atoms with Crippen molar-refractivity contribution in [2.45, 2.75) is 47.1 Å². The molecule has 0 fully saturated rings. The molecule has 4 aromatic rings. The first-order valence-electron chi connectivity index (χ1n) is 12.0. The van der Waals surface area contributed by atoms with Crippen molar-refractivity contribution in [3.05, 3.63) is 99.6 Å². The van der Waals surface area contributed by atoms with Crippen LogP contribution in [0.5, 0.6) is 0 Å². The van der Waals surface area contributed by atoms with Crippen LogP contribution in [0.3, 0.4) is 0 Å². The van der Waals surface area contributed by atoms with Gasteiger partial charge in [-0.05, 0) is 69.5 Å². The van der Waals surface area contributed by atoms with Crippen LogP contribution in [0.4, 0.5) is 10.5 Å². The minimum Gasteiger partial charge on any atom is -0.315 e. The number of carbonyl (C=O) groups is 1. The van der Waals surface area contributed by atoms with Crippen molar-refractivity contribution < 1.29 is 4.79 Å². The molecule has 2 amide bonds. The molecular formula is C29H32N4O2. The Morgan fingerprint density at radius 3 is 2.43 bits per heavy atom. The van der Waals surface area contributed by atoms with E-state index in [1.54, 1.807) is 15.5 Å². The Balaban J connectivity index is 1.86. The van der Waals surface area contributed by atoms with Crippen molar-refractivity contribution in [1.29, 1.82) is 0 Å². The zero-order valence-electron chi connectivity index (χ0n) is 21.0. The Hall–Kier alpha value is -3.93. The summed E-state index contributed by atoms with van der Waals surface area (Å²) in [5.41, 5.74) is 5.11. The van der Waals surface area contributed by atoms with E-state index in [2.05, 4.69) is 11.4 Å². The van der Waals surface area contributed by atoms with Crippen molar-refractivity contribution in [3.63, 3.8) is 0 Å². The van der Waals surface area contributed by atoms with Crippen LogP contribution in [0.15, 0.2) is 71.5 Å². The van der Waals surface area contributed by atoms with Gasteiger partial charge in [-0.25, -0.2) is 9.78 Å². The average molecular weight is 469 g/mol. The quantitative estimate of drug-likeness (QED) is 0.360. The third kappa shape index (κ3) is 4.83. The maximum atomic E-state index is 13.8. The fourth-order valence-corrected chi connectivity index (χ4v) is 4.47. The maximum Gasteiger partial charge on any atom is 0.322 e. The van der Waals surface area contributed by atoms with E-state index in [1.807, 2.05) is 89.2 Å². The second kappa shape index (κ2) is 10.1. The molecule has 6 heteroatoms. The van der Waals surface area contributed by atoms with Gasteiger partial charge in [-0.2, -0.15) is 0 Å². The molecule has 35 heavy (non-hydrogen) atoms. The zero-order chi connectivity index (χ0) is 25.1. The Morgan fingerprint density at radius 2 is 1.71 bits per heavy atom. The number of hydrogen-bond donors (Lipinski definition) is 1. The Bertz CT molecular complexity index is 1440. The summed E-state index contributed by atoms with van der Waals surface area (Å²) < 4.78 is 1.67. The molecule has 0 spiro atoms. The third-order valence-corrected chi connectivity index (χ3v) is 6.35. The van der Waals surface area contributed by atoms with Gasteiger partial charge in [0, 0.05) is 12.2 Å². The number of nitrogens with one attached hydrogen (secondary N) is 1. The Kier molecular flexibility index (Phi) is 7.01. The predicted octanol–water partition coefficient (Wildman–Crippen LogP) is 6.32. The fraction of sp³-hybridized carbons (Fsp3) is 0.276. The Morgan fingerprint density at radius 1 is 1.00 bits per heavy atom. The van der Waals surface area contributed by atoms with Crippen LogP contribution in [0, 0.1) is 20.8 Å². The monoisotopic (exact) mass is 468 g/mol. The molecule has 4 rings (SSSR count). The van der Waals surface area contributed by atoms with E-state index in [1.165, 1.54) is 0 Å². The minimum absolute atomic E-state index is 0.139. The molecular weight excluding hydrogens is 436 g/mol. The number of nitrogens with zero attached hydrogens (tertiary/aromatic N) is 3. The van der Waals surface area contributed by atoms with Crippen molar-refractivity contribution in [2.24, 2.45) is 0 Å². The lowest BCUT2D eigenvalue weighted by molar-refractivity contribution is 0.189. The molecule has 0 saturated heterocycles. The molecule has 0 bridgehead atoms. The number of benzene rings is 3. The van der Waals surface area contributed by atoms with E-state index in [-0.39, 0.29) is 11.6 Å². The van der Waals surface area contributed by atoms with Crippen molar-refractivity contribution in [3.8, 4) is 5.69 Å². The lowest BCUT2D eigenvalue weighted by atomic mass is 10.1. The van der Waals surface area contributed by atoms with Gasteiger partial charge in [0.05, 0.1) is 22.6 Å². The van der Waals surface area contributed by atoms with E-state index < -0.39 is 6.04 Å². The highest BCUT2D eigenvalue weighted by Crippen LogP contribution is 2.26. The highest BCUT2D eigenvalue weighted by molar-refractivity contribution is 5.90. The average Bonchev–Trinajstić information content (AvgIpc) is 2.84. The number of urea groups is 1. The van der Waals surface area contributed by atoms with Crippen LogP contribution in [-0.2, 0) is 0 Å². The first kappa shape index (κ1) is 24.2. The number of para-hydroxylation sites is 2. The zero-order valence-corrected chi connectivity index (χ0v) is 21.0. The number of hydrogen-bond acceptors (Lipinski definition) is 3. The van der Waals surface area contributed by atoms with E-state index in [4.69, 9.17) is 4.98 Å². The largest absolute Gasteiger partial charge is 0.322 e. The van der Waals surface area contributed by atoms with Crippen molar-refractivity contribution >= 4 is 22.6 Å². The predicted molar refractivity (Wildman–Crippen MR) is 142 cm³/mol. The number of aromatic nitrogens is 2. The summed E-state index contributed by atoms with van der Waals surface area (Å²) in [6, 6.07) is 20.4. The summed E-state index contributed by atoms with van der Waals surface area (Å²) in [5, 5.41) is 3.60. The molecule has 1 N–H and O–H groups in total. The van der Waals surface area contributed by atoms with Gasteiger partial charge in [-0.15, -0.1) is 0 Å². The van der Waals surface area contributed by atoms with Crippen LogP contribution in [0.25, 0.3) is 16.6 Å². The number of anilines is 1. The van der Waals surface area contributed by atoms with Crippen molar-refractivity contribution in [2.75, 3.05) is 11.9 Å². The van der Waals surface area contributed by atoms with Crippen LogP contribution < -0.4 is 10.9 Å². The van der Waals surface area contributed by atoms with Gasteiger partial charge < -0.3 is 10.2 Å². The molecule has 1 unspecified atom stereocenters. The normalized spacial score (nSPS) is 11.9. The molecule has 0 aliphatic rings.